The predicted octanol–water partition coefficient (Wildman–Crippen LogP) is 2.71. The maximum absolute atomic E-state index is 12.8. The Bertz CT molecular complexity index is 620. The second kappa shape index (κ2) is 5.46. The minimum absolute atomic E-state index is 0.0163. The van der Waals surface area contributed by atoms with E-state index in [0.717, 1.165) is 30.6 Å². The first-order valence-corrected chi connectivity index (χ1v) is 8.92. The topological polar surface area (TPSA) is 74.7 Å². The highest BCUT2D eigenvalue weighted by Crippen LogP contribution is 2.35. The molecule has 7 heteroatoms. The molecule has 0 aromatic carbocycles. The van der Waals surface area contributed by atoms with Gasteiger partial charge in [-0.25, -0.2) is 13.2 Å². The molecule has 0 aliphatic carbocycles. The molecule has 0 spiro atoms. The van der Waals surface area contributed by atoms with E-state index in [9.17, 15) is 13.2 Å². The van der Waals surface area contributed by atoms with Gasteiger partial charge in [-0.1, -0.05) is 6.92 Å². The fourth-order valence-electron chi connectivity index (χ4n) is 2.81. The van der Waals surface area contributed by atoms with Gasteiger partial charge in [-0.15, -0.1) is 11.3 Å². The molecule has 112 valence electrons. The van der Waals surface area contributed by atoms with Crippen molar-refractivity contribution in [1.29, 1.82) is 0 Å². The summed E-state index contributed by atoms with van der Waals surface area (Å²) in [5, 5.41) is 9.01. The number of thiophene rings is 1. The van der Waals surface area contributed by atoms with Crippen molar-refractivity contribution < 1.29 is 18.3 Å². The lowest BCUT2D eigenvalue weighted by atomic mass is 10.2. The molecular weight excluding hydrogens is 298 g/mol. The summed E-state index contributed by atoms with van der Waals surface area (Å²) >= 11 is 1.01. The van der Waals surface area contributed by atoms with E-state index in [4.69, 9.17) is 5.11 Å². The van der Waals surface area contributed by atoms with Gasteiger partial charge in [0.1, 0.15) is 4.88 Å². The molecule has 1 N–H and O–H groups in total. The number of nitrogens with zero attached hydrogens (tertiary/aromatic N) is 1. The van der Waals surface area contributed by atoms with Crippen molar-refractivity contribution in [2.24, 2.45) is 0 Å². The number of carboxylic acids is 1. The fourth-order valence-corrected chi connectivity index (χ4v) is 6.16. The number of sulfonamides is 1. The molecule has 2 rings (SSSR count). The Hall–Kier alpha value is -0.920. The van der Waals surface area contributed by atoms with Crippen LogP contribution in [0.2, 0.25) is 0 Å². The summed E-state index contributed by atoms with van der Waals surface area (Å²) in [4.78, 5) is 11.8. The Morgan fingerprint density at radius 2 is 2.15 bits per heavy atom. The molecule has 1 aromatic heterocycles. The molecule has 1 aromatic rings. The van der Waals surface area contributed by atoms with Crippen LogP contribution < -0.4 is 0 Å². The first-order valence-electron chi connectivity index (χ1n) is 6.66. The number of aryl methyl sites for hydroxylation is 1. The smallest absolute Gasteiger partial charge is 0.345 e. The molecule has 5 nitrogen and oxygen atoms in total. The van der Waals surface area contributed by atoms with Crippen molar-refractivity contribution in [1.82, 2.24) is 4.31 Å². The molecule has 0 amide bonds. The lowest BCUT2D eigenvalue weighted by molar-refractivity contribution is 0.0702. The molecule has 2 unspecified atom stereocenters. The molecule has 1 aliphatic heterocycles. The summed E-state index contributed by atoms with van der Waals surface area (Å²) in [5.41, 5.74) is 0. The van der Waals surface area contributed by atoms with Gasteiger partial charge in [0, 0.05) is 17.0 Å². The van der Waals surface area contributed by atoms with Crippen LogP contribution >= 0.6 is 11.3 Å². The Labute approximate surface area is 123 Å². The van der Waals surface area contributed by atoms with Crippen LogP contribution in [0.1, 0.15) is 47.7 Å². The Morgan fingerprint density at radius 1 is 1.50 bits per heavy atom. The number of carboxylic acid groups (broad SMARTS) is 1. The van der Waals surface area contributed by atoms with Crippen molar-refractivity contribution in [3.63, 3.8) is 0 Å². The second-order valence-corrected chi connectivity index (χ2v) is 8.23. The van der Waals surface area contributed by atoms with Gasteiger partial charge in [0.05, 0.1) is 4.90 Å². The molecule has 0 radical (unpaired) electrons. The fraction of sp³-hybridized carbons (Fsp3) is 0.615. The third-order valence-corrected chi connectivity index (χ3v) is 7.18. The average Bonchev–Trinajstić information content (AvgIpc) is 2.92. The van der Waals surface area contributed by atoms with Crippen molar-refractivity contribution >= 4 is 27.3 Å². The third kappa shape index (κ3) is 2.49. The van der Waals surface area contributed by atoms with Crippen molar-refractivity contribution in [2.75, 3.05) is 0 Å². The zero-order valence-corrected chi connectivity index (χ0v) is 13.4. The van der Waals surface area contributed by atoms with Crippen LogP contribution in [-0.2, 0) is 10.0 Å². The van der Waals surface area contributed by atoms with E-state index in [0.29, 0.717) is 4.88 Å². The molecule has 0 saturated carbocycles. The first kappa shape index (κ1) is 15.5. The predicted molar refractivity (Wildman–Crippen MR) is 77.8 cm³/mol. The summed E-state index contributed by atoms with van der Waals surface area (Å²) < 4.78 is 27.2. The van der Waals surface area contributed by atoms with E-state index in [1.165, 1.54) is 6.07 Å². The van der Waals surface area contributed by atoms with Crippen molar-refractivity contribution in [3.05, 3.63) is 15.8 Å². The highest BCUT2D eigenvalue weighted by molar-refractivity contribution is 7.89. The molecule has 1 aliphatic rings. The van der Waals surface area contributed by atoms with Crippen LogP contribution in [0, 0.1) is 6.92 Å². The van der Waals surface area contributed by atoms with Gasteiger partial charge in [0.15, 0.2) is 0 Å². The van der Waals surface area contributed by atoms with Crippen molar-refractivity contribution in [2.45, 2.75) is 57.0 Å². The van der Waals surface area contributed by atoms with Gasteiger partial charge in [0.25, 0.3) is 0 Å². The number of hydrogen-bond donors (Lipinski definition) is 1. The van der Waals surface area contributed by atoms with Crippen LogP contribution in [0.5, 0.6) is 0 Å². The minimum Gasteiger partial charge on any atom is -0.477 e. The molecule has 20 heavy (non-hydrogen) atoms. The Balaban J connectivity index is 2.47. The van der Waals surface area contributed by atoms with Gasteiger partial charge < -0.3 is 5.11 Å². The second-order valence-electron chi connectivity index (χ2n) is 5.16. The molecule has 2 atom stereocenters. The Morgan fingerprint density at radius 3 is 2.65 bits per heavy atom. The molecule has 0 bridgehead atoms. The van der Waals surface area contributed by atoms with E-state index in [1.807, 2.05) is 13.8 Å². The van der Waals surface area contributed by atoms with Crippen LogP contribution in [-0.4, -0.2) is 35.9 Å². The summed E-state index contributed by atoms with van der Waals surface area (Å²) in [6.07, 6.45) is 2.50. The van der Waals surface area contributed by atoms with Crippen molar-refractivity contribution in [3.8, 4) is 0 Å². The summed E-state index contributed by atoms with van der Waals surface area (Å²) in [6, 6.07) is 1.27. The highest BCUT2D eigenvalue weighted by Gasteiger charge is 2.40. The van der Waals surface area contributed by atoms with Gasteiger partial charge in [-0.05, 0) is 39.2 Å². The molecule has 1 fully saturated rings. The number of hydrogen-bond acceptors (Lipinski definition) is 4. The van der Waals surface area contributed by atoms with Gasteiger partial charge in [-0.3, -0.25) is 0 Å². The largest absolute Gasteiger partial charge is 0.477 e. The SMILES string of the molecule is CCC1CCC(C)N1S(=O)(=O)c1cc(C(=O)O)sc1C. The van der Waals surface area contributed by atoms with Gasteiger partial charge >= 0.3 is 5.97 Å². The third-order valence-electron chi connectivity index (χ3n) is 3.82. The highest BCUT2D eigenvalue weighted by atomic mass is 32.2. The van der Waals surface area contributed by atoms with Crippen LogP contribution in [0.15, 0.2) is 11.0 Å². The lowest BCUT2D eigenvalue weighted by Gasteiger charge is -2.26. The number of aromatic carboxylic acids is 1. The van der Waals surface area contributed by atoms with Gasteiger partial charge in [-0.2, -0.15) is 4.31 Å². The molecule has 2 heterocycles. The number of carbonyl (C=O) groups is 1. The molecular formula is C13H19NO4S2. The summed E-state index contributed by atoms with van der Waals surface area (Å²) in [7, 11) is -3.61. The monoisotopic (exact) mass is 317 g/mol. The van der Waals surface area contributed by atoms with E-state index in [1.54, 1.807) is 11.2 Å². The standard InChI is InChI=1S/C13H19NO4S2/c1-4-10-6-5-8(2)14(10)20(17,18)12-7-11(13(15)16)19-9(12)3/h7-8,10H,4-6H2,1-3H3,(H,15,16). The van der Waals surface area contributed by atoms with E-state index >= 15 is 0 Å². The molecule has 1 saturated heterocycles. The summed E-state index contributed by atoms with van der Waals surface area (Å²) in [5.74, 6) is -1.08. The lowest BCUT2D eigenvalue weighted by Crippen LogP contribution is -2.39. The van der Waals surface area contributed by atoms with E-state index in [-0.39, 0.29) is 21.9 Å². The quantitative estimate of drug-likeness (QED) is 0.926. The van der Waals surface area contributed by atoms with E-state index in [2.05, 4.69) is 0 Å². The van der Waals surface area contributed by atoms with Gasteiger partial charge in [0.2, 0.25) is 10.0 Å². The maximum Gasteiger partial charge on any atom is 0.345 e. The normalized spacial score (nSPS) is 24.1. The minimum atomic E-state index is -3.61. The van der Waals surface area contributed by atoms with Crippen LogP contribution in [0.3, 0.4) is 0 Å². The Kier molecular flexibility index (Phi) is 4.22. The first-order chi connectivity index (χ1) is 9.28. The van der Waals surface area contributed by atoms with Crippen LogP contribution in [0.25, 0.3) is 0 Å². The zero-order valence-electron chi connectivity index (χ0n) is 11.8. The number of rotatable bonds is 4. The zero-order chi connectivity index (χ0) is 15.1. The van der Waals surface area contributed by atoms with Crippen LogP contribution in [0.4, 0.5) is 0 Å². The summed E-state index contributed by atoms with van der Waals surface area (Å²) in [6.45, 7) is 5.55. The van der Waals surface area contributed by atoms with E-state index < -0.39 is 16.0 Å². The average molecular weight is 317 g/mol. The maximum atomic E-state index is 12.8.